The third kappa shape index (κ3) is 1.89. The van der Waals surface area contributed by atoms with Crippen LogP contribution in [0.5, 0.6) is 0 Å². The second-order valence-electron chi connectivity index (χ2n) is 4.06. The molecule has 0 bridgehead atoms. The number of fused-ring (bicyclic) bond motifs is 1. The molecule has 0 saturated heterocycles. The topological polar surface area (TPSA) is 72.0 Å². The van der Waals surface area contributed by atoms with Crippen molar-refractivity contribution in [1.29, 1.82) is 0 Å². The standard InChI is InChI=1S/C11H13N3O/c1-11(2,15)7-3-4-8-9(5-7)13-6-10(12)14-8/h3-6,15H,1-2H3,(H2,12,14). The van der Waals surface area contributed by atoms with Crippen molar-refractivity contribution in [2.24, 2.45) is 0 Å². The van der Waals surface area contributed by atoms with Gasteiger partial charge in [0.2, 0.25) is 0 Å². The minimum absolute atomic E-state index is 0.401. The van der Waals surface area contributed by atoms with Crippen LogP contribution in [-0.4, -0.2) is 15.1 Å². The first-order valence-electron chi connectivity index (χ1n) is 4.72. The summed E-state index contributed by atoms with van der Waals surface area (Å²) in [4.78, 5) is 8.29. The van der Waals surface area contributed by atoms with E-state index in [0.29, 0.717) is 5.82 Å². The number of aliphatic hydroxyl groups is 1. The Morgan fingerprint density at radius 1 is 1.27 bits per heavy atom. The first kappa shape index (κ1) is 9.86. The summed E-state index contributed by atoms with van der Waals surface area (Å²) < 4.78 is 0. The molecule has 4 heteroatoms. The SMILES string of the molecule is CC(C)(O)c1ccc2nc(N)cnc2c1. The van der Waals surface area contributed by atoms with Crippen molar-refractivity contribution in [2.45, 2.75) is 19.4 Å². The molecule has 0 fully saturated rings. The van der Waals surface area contributed by atoms with E-state index in [1.165, 1.54) is 6.20 Å². The highest BCUT2D eigenvalue weighted by molar-refractivity contribution is 5.76. The quantitative estimate of drug-likeness (QED) is 0.735. The Kier molecular flexibility index (Phi) is 2.08. The van der Waals surface area contributed by atoms with E-state index in [9.17, 15) is 5.11 Å². The van der Waals surface area contributed by atoms with Crippen LogP contribution in [0.1, 0.15) is 19.4 Å². The van der Waals surface area contributed by atoms with Crippen molar-refractivity contribution in [2.75, 3.05) is 5.73 Å². The summed E-state index contributed by atoms with van der Waals surface area (Å²) in [6.45, 7) is 3.47. The molecule has 0 atom stereocenters. The van der Waals surface area contributed by atoms with E-state index < -0.39 is 5.60 Å². The number of anilines is 1. The lowest BCUT2D eigenvalue weighted by atomic mass is 9.98. The van der Waals surface area contributed by atoms with E-state index in [1.54, 1.807) is 13.8 Å². The van der Waals surface area contributed by atoms with Crippen molar-refractivity contribution in [3.8, 4) is 0 Å². The second kappa shape index (κ2) is 3.17. The number of benzene rings is 1. The number of rotatable bonds is 1. The molecule has 78 valence electrons. The van der Waals surface area contributed by atoms with Gasteiger partial charge in [-0.25, -0.2) is 4.98 Å². The first-order chi connectivity index (χ1) is 6.97. The van der Waals surface area contributed by atoms with Gasteiger partial charge in [-0.1, -0.05) is 6.07 Å². The van der Waals surface area contributed by atoms with Crippen LogP contribution < -0.4 is 5.73 Å². The van der Waals surface area contributed by atoms with Crippen LogP contribution in [-0.2, 0) is 5.60 Å². The van der Waals surface area contributed by atoms with Gasteiger partial charge in [-0.2, -0.15) is 0 Å². The summed E-state index contributed by atoms with van der Waals surface area (Å²) >= 11 is 0. The van der Waals surface area contributed by atoms with E-state index in [1.807, 2.05) is 18.2 Å². The number of hydrogen-bond donors (Lipinski definition) is 2. The van der Waals surface area contributed by atoms with Crippen LogP contribution in [0.3, 0.4) is 0 Å². The first-order valence-corrected chi connectivity index (χ1v) is 4.72. The van der Waals surface area contributed by atoms with Gasteiger partial charge in [-0.05, 0) is 31.5 Å². The molecule has 0 radical (unpaired) electrons. The minimum atomic E-state index is -0.864. The highest BCUT2D eigenvalue weighted by Gasteiger charge is 2.16. The Balaban J connectivity index is 2.62. The molecule has 0 aliphatic rings. The molecular formula is C11H13N3O. The molecule has 0 aliphatic carbocycles. The van der Waals surface area contributed by atoms with Gasteiger partial charge in [-0.15, -0.1) is 0 Å². The van der Waals surface area contributed by atoms with Crippen molar-refractivity contribution in [1.82, 2.24) is 9.97 Å². The third-order valence-corrected chi connectivity index (χ3v) is 2.27. The van der Waals surface area contributed by atoms with Gasteiger partial charge in [0.15, 0.2) is 0 Å². The minimum Gasteiger partial charge on any atom is -0.386 e. The summed E-state index contributed by atoms with van der Waals surface area (Å²) in [6, 6.07) is 5.46. The number of nitrogens with zero attached hydrogens (tertiary/aromatic N) is 2. The summed E-state index contributed by atoms with van der Waals surface area (Å²) in [5.74, 6) is 0.401. The fourth-order valence-electron chi connectivity index (χ4n) is 1.41. The predicted molar refractivity (Wildman–Crippen MR) is 59.2 cm³/mol. The summed E-state index contributed by atoms with van der Waals surface area (Å²) in [5, 5.41) is 9.83. The maximum atomic E-state index is 9.83. The molecule has 0 saturated carbocycles. The summed E-state index contributed by atoms with van der Waals surface area (Å²) in [5.41, 5.74) is 6.95. The number of aromatic nitrogens is 2. The van der Waals surface area contributed by atoms with Gasteiger partial charge < -0.3 is 10.8 Å². The molecule has 4 nitrogen and oxygen atoms in total. The van der Waals surface area contributed by atoms with E-state index in [4.69, 9.17) is 5.73 Å². The summed E-state index contributed by atoms with van der Waals surface area (Å²) in [6.07, 6.45) is 1.51. The molecule has 15 heavy (non-hydrogen) atoms. The molecule has 3 N–H and O–H groups in total. The fraction of sp³-hybridized carbons (Fsp3) is 0.273. The van der Waals surface area contributed by atoms with Crippen LogP contribution in [0, 0.1) is 0 Å². The van der Waals surface area contributed by atoms with Crippen LogP contribution >= 0.6 is 0 Å². The smallest absolute Gasteiger partial charge is 0.142 e. The lowest BCUT2D eigenvalue weighted by Crippen LogP contribution is -2.15. The van der Waals surface area contributed by atoms with Crippen LogP contribution in [0.25, 0.3) is 11.0 Å². The van der Waals surface area contributed by atoms with Crippen LogP contribution in [0.4, 0.5) is 5.82 Å². The molecule has 0 aliphatic heterocycles. The zero-order valence-electron chi connectivity index (χ0n) is 8.73. The second-order valence-corrected chi connectivity index (χ2v) is 4.06. The van der Waals surface area contributed by atoms with E-state index in [0.717, 1.165) is 16.6 Å². The van der Waals surface area contributed by atoms with E-state index in [-0.39, 0.29) is 0 Å². The van der Waals surface area contributed by atoms with Gasteiger partial charge >= 0.3 is 0 Å². The average Bonchev–Trinajstić information content (AvgIpc) is 2.15. The normalized spacial score (nSPS) is 11.9. The molecule has 1 aromatic carbocycles. The molecule has 0 unspecified atom stereocenters. The van der Waals surface area contributed by atoms with Gasteiger partial charge in [0.1, 0.15) is 5.82 Å². The lowest BCUT2D eigenvalue weighted by molar-refractivity contribution is 0.0787. The number of nitrogen functional groups attached to an aromatic ring is 1. The Hall–Kier alpha value is -1.68. The fourth-order valence-corrected chi connectivity index (χ4v) is 1.41. The highest BCUT2D eigenvalue weighted by Crippen LogP contribution is 2.22. The molecule has 1 aromatic heterocycles. The van der Waals surface area contributed by atoms with Crippen molar-refractivity contribution in [3.05, 3.63) is 30.0 Å². The maximum absolute atomic E-state index is 9.83. The monoisotopic (exact) mass is 203 g/mol. The molecular weight excluding hydrogens is 190 g/mol. The number of hydrogen-bond acceptors (Lipinski definition) is 4. The molecule has 1 heterocycles. The Labute approximate surface area is 87.8 Å². The largest absolute Gasteiger partial charge is 0.386 e. The molecule has 0 spiro atoms. The highest BCUT2D eigenvalue weighted by atomic mass is 16.3. The van der Waals surface area contributed by atoms with Gasteiger partial charge in [0.25, 0.3) is 0 Å². The Morgan fingerprint density at radius 2 is 2.00 bits per heavy atom. The predicted octanol–water partition coefficient (Wildman–Crippen LogP) is 1.44. The molecule has 0 amide bonds. The Bertz CT molecular complexity index is 503. The van der Waals surface area contributed by atoms with E-state index >= 15 is 0 Å². The zero-order valence-corrected chi connectivity index (χ0v) is 8.73. The van der Waals surface area contributed by atoms with Crippen molar-refractivity contribution in [3.63, 3.8) is 0 Å². The third-order valence-electron chi connectivity index (χ3n) is 2.27. The van der Waals surface area contributed by atoms with Gasteiger partial charge in [0, 0.05) is 0 Å². The van der Waals surface area contributed by atoms with Gasteiger partial charge in [-0.3, -0.25) is 4.98 Å². The zero-order chi connectivity index (χ0) is 11.1. The van der Waals surface area contributed by atoms with Crippen LogP contribution in [0.2, 0.25) is 0 Å². The summed E-state index contributed by atoms with van der Waals surface area (Å²) in [7, 11) is 0. The molecule has 2 aromatic rings. The van der Waals surface area contributed by atoms with Crippen molar-refractivity contribution < 1.29 is 5.11 Å². The lowest BCUT2D eigenvalue weighted by Gasteiger charge is -2.17. The van der Waals surface area contributed by atoms with E-state index in [2.05, 4.69) is 9.97 Å². The van der Waals surface area contributed by atoms with Gasteiger partial charge in [0.05, 0.1) is 22.8 Å². The van der Waals surface area contributed by atoms with Crippen LogP contribution in [0.15, 0.2) is 24.4 Å². The maximum Gasteiger partial charge on any atom is 0.142 e. The number of nitrogens with two attached hydrogens (primary N) is 1. The van der Waals surface area contributed by atoms with Crippen molar-refractivity contribution >= 4 is 16.9 Å². The Morgan fingerprint density at radius 3 is 2.67 bits per heavy atom. The molecule has 2 rings (SSSR count). The average molecular weight is 203 g/mol.